The fourth-order valence-corrected chi connectivity index (χ4v) is 2.12. The molecule has 0 unspecified atom stereocenters. The minimum Gasteiger partial charge on any atom is -0.353 e. The molecule has 0 atom stereocenters. The zero-order chi connectivity index (χ0) is 13.4. The van der Waals surface area contributed by atoms with Gasteiger partial charge in [0.15, 0.2) is 0 Å². The van der Waals surface area contributed by atoms with E-state index in [9.17, 15) is 4.79 Å². The van der Waals surface area contributed by atoms with E-state index < -0.39 is 0 Å². The van der Waals surface area contributed by atoms with Gasteiger partial charge in [-0.05, 0) is 26.8 Å². The second kappa shape index (κ2) is 8.06. The van der Waals surface area contributed by atoms with E-state index in [0.717, 1.165) is 39.1 Å². The molecule has 1 heterocycles. The maximum absolute atomic E-state index is 11.6. The highest BCUT2D eigenvalue weighted by molar-refractivity contribution is 5.78. The summed E-state index contributed by atoms with van der Waals surface area (Å²) in [5.41, 5.74) is 0. The first-order valence-electron chi connectivity index (χ1n) is 6.73. The predicted molar refractivity (Wildman–Crippen MR) is 71.0 cm³/mol. The summed E-state index contributed by atoms with van der Waals surface area (Å²) >= 11 is 0. The lowest BCUT2D eigenvalue weighted by atomic mass is 10.2. The van der Waals surface area contributed by atoms with Gasteiger partial charge in [-0.3, -0.25) is 9.69 Å². The summed E-state index contributed by atoms with van der Waals surface area (Å²) < 4.78 is 0. The van der Waals surface area contributed by atoms with E-state index in [0.29, 0.717) is 13.0 Å². The van der Waals surface area contributed by atoms with Crippen LogP contribution < -0.4 is 5.32 Å². The molecule has 18 heavy (non-hydrogen) atoms. The Balaban J connectivity index is 2.15. The van der Waals surface area contributed by atoms with Crippen LogP contribution in [0.2, 0.25) is 0 Å². The number of nitriles is 1. The van der Waals surface area contributed by atoms with Gasteiger partial charge in [0.1, 0.15) is 0 Å². The molecule has 1 rings (SSSR count). The maximum atomic E-state index is 11.6. The van der Waals surface area contributed by atoms with Crippen molar-refractivity contribution in [3.05, 3.63) is 0 Å². The Morgan fingerprint density at radius 2 is 1.89 bits per heavy atom. The highest BCUT2D eigenvalue weighted by Crippen LogP contribution is 2.03. The van der Waals surface area contributed by atoms with Gasteiger partial charge in [0, 0.05) is 38.6 Å². The molecule has 0 aromatic rings. The molecular formula is C13H24N4O. The Morgan fingerprint density at radius 3 is 2.44 bits per heavy atom. The summed E-state index contributed by atoms with van der Waals surface area (Å²) in [6, 6.07) is 2.38. The number of hydrogen-bond acceptors (Lipinski definition) is 4. The van der Waals surface area contributed by atoms with E-state index in [1.807, 2.05) is 13.8 Å². The number of unbranched alkanes of at least 4 members (excludes halogenated alkanes) is 1. The van der Waals surface area contributed by atoms with Crippen LogP contribution in [0.5, 0.6) is 0 Å². The highest BCUT2D eigenvalue weighted by atomic mass is 16.2. The SMILES string of the molecule is CC(C)NC(=O)CN1CCN(CCCC#N)CC1. The van der Waals surface area contributed by atoms with Crippen molar-refractivity contribution in [3.63, 3.8) is 0 Å². The van der Waals surface area contributed by atoms with E-state index in [2.05, 4.69) is 21.2 Å². The second-order valence-electron chi connectivity index (χ2n) is 5.10. The van der Waals surface area contributed by atoms with Crippen molar-refractivity contribution in [2.24, 2.45) is 0 Å². The minimum atomic E-state index is 0.114. The molecule has 0 bridgehead atoms. The van der Waals surface area contributed by atoms with E-state index in [4.69, 9.17) is 5.26 Å². The number of carbonyl (C=O) groups excluding carboxylic acids is 1. The Morgan fingerprint density at radius 1 is 1.28 bits per heavy atom. The van der Waals surface area contributed by atoms with Crippen molar-refractivity contribution in [3.8, 4) is 6.07 Å². The average Bonchev–Trinajstić information content (AvgIpc) is 2.30. The zero-order valence-corrected chi connectivity index (χ0v) is 11.5. The first-order valence-corrected chi connectivity index (χ1v) is 6.73. The molecule has 0 saturated carbocycles. The molecule has 1 fully saturated rings. The number of rotatable bonds is 6. The van der Waals surface area contributed by atoms with Gasteiger partial charge in [-0.1, -0.05) is 0 Å². The van der Waals surface area contributed by atoms with E-state index in [1.54, 1.807) is 0 Å². The Labute approximate surface area is 110 Å². The molecule has 102 valence electrons. The molecule has 1 saturated heterocycles. The van der Waals surface area contributed by atoms with Crippen molar-refractivity contribution < 1.29 is 4.79 Å². The number of amides is 1. The van der Waals surface area contributed by atoms with Crippen LogP contribution in [0, 0.1) is 11.3 Å². The third-order valence-corrected chi connectivity index (χ3v) is 3.04. The van der Waals surface area contributed by atoms with Gasteiger partial charge in [0.2, 0.25) is 5.91 Å². The molecule has 1 amide bonds. The van der Waals surface area contributed by atoms with Crippen molar-refractivity contribution in [2.75, 3.05) is 39.3 Å². The van der Waals surface area contributed by atoms with Gasteiger partial charge in [-0.25, -0.2) is 0 Å². The molecular weight excluding hydrogens is 228 g/mol. The third kappa shape index (κ3) is 5.99. The van der Waals surface area contributed by atoms with Crippen LogP contribution in [-0.2, 0) is 4.79 Å². The number of nitrogens with one attached hydrogen (secondary N) is 1. The van der Waals surface area contributed by atoms with Gasteiger partial charge in [-0.2, -0.15) is 5.26 Å². The van der Waals surface area contributed by atoms with Crippen LogP contribution in [0.15, 0.2) is 0 Å². The molecule has 0 aromatic heterocycles. The Bertz CT molecular complexity index is 290. The van der Waals surface area contributed by atoms with Crippen LogP contribution in [0.1, 0.15) is 26.7 Å². The number of carbonyl (C=O) groups is 1. The van der Waals surface area contributed by atoms with Gasteiger partial charge >= 0.3 is 0 Å². The highest BCUT2D eigenvalue weighted by Gasteiger charge is 2.18. The predicted octanol–water partition coefficient (Wildman–Crippen LogP) is 0.432. The molecule has 0 aliphatic carbocycles. The quantitative estimate of drug-likeness (QED) is 0.697. The van der Waals surface area contributed by atoms with Crippen LogP contribution in [0.3, 0.4) is 0 Å². The molecule has 0 aromatic carbocycles. The largest absolute Gasteiger partial charge is 0.353 e. The van der Waals surface area contributed by atoms with Crippen LogP contribution in [0.4, 0.5) is 0 Å². The first kappa shape index (κ1) is 14.9. The van der Waals surface area contributed by atoms with Crippen molar-refractivity contribution in [1.82, 2.24) is 15.1 Å². The van der Waals surface area contributed by atoms with Gasteiger partial charge < -0.3 is 10.2 Å². The third-order valence-electron chi connectivity index (χ3n) is 3.04. The monoisotopic (exact) mass is 252 g/mol. The molecule has 5 heteroatoms. The van der Waals surface area contributed by atoms with E-state index >= 15 is 0 Å². The summed E-state index contributed by atoms with van der Waals surface area (Å²) in [7, 11) is 0. The maximum Gasteiger partial charge on any atom is 0.234 e. The summed E-state index contributed by atoms with van der Waals surface area (Å²) in [6.45, 7) is 9.34. The normalized spacial score (nSPS) is 17.7. The fourth-order valence-electron chi connectivity index (χ4n) is 2.12. The van der Waals surface area contributed by atoms with Gasteiger partial charge in [-0.15, -0.1) is 0 Å². The van der Waals surface area contributed by atoms with Crippen LogP contribution in [0.25, 0.3) is 0 Å². The zero-order valence-electron chi connectivity index (χ0n) is 11.5. The first-order chi connectivity index (χ1) is 8.61. The van der Waals surface area contributed by atoms with E-state index in [1.165, 1.54) is 0 Å². The lowest BCUT2D eigenvalue weighted by Gasteiger charge is -2.34. The Hall–Kier alpha value is -1.12. The second-order valence-corrected chi connectivity index (χ2v) is 5.10. The van der Waals surface area contributed by atoms with Crippen LogP contribution >= 0.6 is 0 Å². The van der Waals surface area contributed by atoms with Crippen molar-refractivity contribution >= 4 is 5.91 Å². The molecule has 0 spiro atoms. The smallest absolute Gasteiger partial charge is 0.234 e. The molecule has 0 radical (unpaired) electrons. The molecule has 1 N–H and O–H groups in total. The summed E-state index contributed by atoms with van der Waals surface area (Å²) in [5.74, 6) is 0.114. The molecule has 5 nitrogen and oxygen atoms in total. The van der Waals surface area contributed by atoms with Crippen molar-refractivity contribution in [1.29, 1.82) is 5.26 Å². The number of hydrogen-bond donors (Lipinski definition) is 1. The molecule has 1 aliphatic rings. The number of piperazine rings is 1. The summed E-state index contributed by atoms with van der Waals surface area (Å²) in [4.78, 5) is 16.2. The van der Waals surface area contributed by atoms with Gasteiger partial charge in [0.05, 0.1) is 12.6 Å². The minimum absolute atomic E-state index is 0.114. The summed E-state index contributed by atoms with van der Waals surface area (Å²) in [6.07, 6.45) is 1.58. The fraction of sp³-hybridized carbons (Fsp3) is 0.846. The average molecular weight is 252 g/mol. The lowest BCUT2D eigenvalue weighted by Crippen LogP contribution is -2.50. The van der Waals surface area contributed by atoms with Gasteiger partial charge in [0.25, 0.3) is 0 Å². The van der Waals surface area contributed by atoms with Crippen molar-refractivity contribution in [2.45, 2.75) is 32.7 Å². The van der Waals surface area contributed by atoms with Crippen LogP contribution in [-0.4, -0.2) is 61.0 Å². The topological polar surface area (TPSA) is 59.4 Å². The standard InChI is InChI=1S/C13H24N4O/c1-12(2)15-13(18)11-17-9-7-16(8-10-17)6-4-3-5-14/h12H,3-4,6-11H2,1-2H3,(H,15,18). The molecule has 1 aliphatic heterocycles. The lowest BCUT2D eigenvalue weighted by molar-refractivity contribution is -0.123. The van der Waals surface area contributed by atoms with E-state index in [-0.39, 0.29) is 11.9 Å². The Kier molecular flexibility index (Phi) is 6.69. The summed E-state index contributed by atoms with van der Waals surface area (Å²) in [5, 5.41) is 11.4. The number of nitrogens with zero attached hydrogens (tertiary/aromatic N) is 3.